The molecule has 0 saturated heterocycles. The van der Waals surface area contributed by atoms with Crippen LogP contribution < -0.4 is 5.32 Å². The molecule has 1 aromatic rings. The Morgan fingerprint density at radius 1 is 1.57 bits per heavy atom. The highest BCUT2D eigenvalue weighted by Crippen LogP contribution is 2.32. The first-order valence-electron chi connectivity index (χ1n) is 4.02. The fourth-order valence-corrected chi connectivity index (χ4v) is 0.897. The van der Waals surface area contributed by atoms with E-state index in [2.05, 4.69) is 35.9 Å². The van der Waals surface area contributed by atoms with E-state index in [4.69, 9.17) is 0 Å². The van der Waals surface area contributed by atoms with Gasteiger partial charge < -0.3 is 9.84 Å². The summed E-state index contributed by atoms with van der Waals surface area (Å²) in [6.07, 6.45) is 0. The molecule has 1 aromatic heterocycles. The maximum atomic E-state index is 12.6. The van der Waals surface area contributed by atoms with E-state index in [1.54, 1.807) is 0 Å². The average molecular weight is 270 g/mol. The molecule has 0 amide bonds. The van der Waals surface area contributed by atoms with Crippen molar-refractivity contribution in [2.45, 2.75) is 31.3 Å². The summed E-state index contributed by atoms with van der Waals surface area (Å²) in [4.78, 5) is 0.262. The number of alkyl halides is 3. The molecule has 0 aliphatic rings. The molecule has 0 aliphatic carbocycles. The summed E-state index contributed by atoms with van der Waals surface area (Å²) in [6, 6.07) is 0.237. The highest BCUT2D eigenvalue weighted by Gasteiger charge is 2.34. The van der Waals surface area contributed by atoms with Crippen molar-refractivity contribution in [3.8, 4) is 0 Å². The third-order valence-electron chi connectivity index (χ3n) is 1.38. The van der Waals surface area contributed by atoms with Crippen molar-refractivity contribution in [3.05, 3.63) is 11.7 Å². The van der Waals surface area contributed by atoms with Crippen LogP contribution in [-0.2, 0) is 11.4 Å². The molecule has 14 heavy (non-hydrogen) atoms. The van der Waals surface area contributed by atoms with Gasteiger partial charge in [-0.15, -0.1) is 0 Å². The molecule has 0 fully saturated rings. The summed E-state index contributed by atoms with van der Waals surface area (Å²) in [5, 5.41) is 6.38. The Kier molecular flexibility index (Phi) is 3.54. The second-order valence-electron chi connectivity index (χ2n) is 3.05. The standard InChI is InChI=1S/C7H10BrF2N3O/c1-4(2)11-3-5-12-6(14-13-5)7(8,9)10/h4,11H,3H2,1-2H3. The van der Waals surface area contributed by atoms with E-state index in [1.807, 2.05) is 13.8 Å². The van der Waals surface area contributed by atoms with Gasteiger partial charge in [-0.25, -0.2) is 0 Å². The van der Waals surface area contributed by atoms with Gasteiger partial charge in [0.15, 0.2) is 5.82 Å². The van der Waals surface area contributed by atoms with E-state index >= 15 is 0 Å². The predicted octanol–water partition coefficient (Wildman–Crippen LogP) is 2.01. The van der Waals surface area contributed by atoms with Crippen molar-refractivity contribution in [1.29, 1.82) is 0 Å². The summed E-state index contributed by atoms with van der Waals surface area (Å²) >= 11 is 2.13. The van der Waals surface area contributed by atoms with Crippen LogP contribution in [0.3, 0.4) is 0 Å². The summed E-state index contributed by atoms with van der Waals surface area (Å²) in [6.45, 7) is 4.17. The molecular weight excluding hydrogens is 260 g/mol. The Morgan fingerprint density at radius 2 is 2.21 bits per heavy atom. The van der Waals surface area contributed by atoms with E-state index in [0.29, 0.717) is 6.54 Å². The molecule has 0 bridgehead atoms. The predicted molar refractivity (Wildman–Crippen MR) is 49.1 cm³/mol. The van der Waals surface area contributed by atoms with E-state index in [0.717, 1.165) is 0 Å². The zero-order chi connectivity index (χ0) is 10.8. The molecule has 4 nitrogen and oxygen atoms in total. The van der Waals surface area contributed by atoms with Gasteiger partial charge in [0.2, 0.25) is 0 Å². The minimum atomic E-state index is -3.25. The van der Waals surface area contributed by atoms with Crippen LogP contribution in [0.4, 0.5) is 8.78 Å². The Hall–Kier alpha value is -0.560. The topological polar surface area (TPSA) is 51.0 Å². The van der Waals surface area contributed by atoms with Gasteiger partial charge in [-0.2, -0.15) is 13.8 Å². The Bertz CT molecular complexity index is 297. The fourth-order valence-electron chi connectivity index (χ4n) is 0.736. The van der Waals surface area contributed by atoms with Crippen LogP contribution in [0.15, 0.2) is 4.52 Å². The van der Waals surface area contributed by atoms with Crippen molar-refractivity contribution in [3.63, 3.8) is 0 Å². The number of hydrogen-bond acceptors (Lipinski definition) is 4. The number of rotatable bonds is 4. The maximum Gasteiger partial charge on any atom is 0.378 e. The summed E-state index contributed by atoms with van der Waals surface area (Å²) in [7, 11) is 0. The van der Waals surface area contributed by atoms with Crippen molar-refractivity contribution in [2.24, 2.45) is 0 Å². The third kappa shape index (κ3) is 3.30. The first-order chi connectivity index (χ1) is 6.39. The quantitative estimate of drug-likeness (QED) is 0.850. The highest BCUT2D eigenvalue weighted by molar-refractivity contribution is 9.09. The molecule has 0 aromatic carbocycles. The largest absolute Gasteiger partial charge is 0.378 e. The molecule has 0 radical (unpaired) electrons. The molecule has 1 N–H and O–H groups in total. The molecule has 1 rings (SSSR count). The Balaban J connectivity index is 2.60. The molecule has 0 atom stereocenters. The first-order valence-corrected chi connectivity index (χ1v) is 4.82. The average Bonchev–Trinajstić information content (AvgIpc) is 2.47. The van der Waals surface area contributed by atoms with Crippen LogP contribution in [0.1, 0.15) is 25.6 Å². The van der Waals surface area contributed by atoms with Gasteiger partial charge in [0, 0.05) is 22.0 Å². The van der Waals surface area contributed by atoms with Crippen molar-refractivity contribution < 1.29 is 13.3 Å². The van der Waals surface area contributed by atoms with E-state index in [1.165, 1.54) is 0 Å². The highest BCUT2D eigenvalue weighted by atomic mass is 79.9. The number of aromatic nitrogens is 2. The van der Waals surface area contributed by atoms with Crippen molar-refractivity contribution in [1.82, 2.24) is 15.5 Å². The van der Waals surface area contributed by atoms with Crippen LogP contribution >= 0.6 is 15.9 Å². The minimum Gasteiger partial charge on any atom is -0.331 e. The van der Waals surface area contributed by atoms with Crippen LogP contribution in [0.25, 0.3) is 0 Å². The Morgan fingerprint density at radius 3 is 2.64 bits per heavy atom. The molecule has 0 unspecified atom stereocenters. The van der Waals surface area contributed by atoms with E-state index < -0.39 is 10.7 Å². The smallest absolute Gasteiger partial charge is 0.331 e. The molecule has 0 spiro atoms. The lowest BCUT2D eigenvalue weighted by atomic mass is 10.4. The molecular formula is C7H10BrF2N3O. The number of nitrogens with one attached hydrogen (secondary N) is 1. The zero-order valence-corrected chi connectivity index (χ0v) is 9.31. The van der Waals surface area contributed by atoms with E-state index in [-0.39, 0.29) is 11.9 Å². The molecule has 7 heteroatoms. The zero-order valence-electron chi connectivity index (χ0n) is 7.72. The lowest BCUT2D eigenvalue weighted by Gasteiger charge is -2.03. The van der Waals surface area contributed by atoms with Gasteiger partial charge in [0.05, 0.1) is 6.54 Å². The minimum absolute atomic E-state index is 0.216. The van der Waals surface area contributed by atoms with Crippen molar-refractivity contribution >= 4 is 15.9 Å². The third-order valence-corrected chi connectivity index (χ3v) is 1.72. The van der Waals surface area contributed by atoms with Crippen LogP contribution in [-0.4, -0.2) is 16.2 Å². The number of nitrogens with zero attached hydrogens (tertiary/aromatic N) is 2. The van der Waals surface area contributed by atoms with Gasteiger partial charge in [-0.3, -0.25) is 0 Å². The number of hydrogen-bond donors (Lipinski definition) is 1. The molecule has 0 aliphatic heterocycles. The second-order valence-corrected chi connectivity index (χ2v) is 4.05. The fraction of sp³-hybridized carbons (Fsp3) is 0.714. The summed E-state index contributed by atoms with van der Waals surface area (Å²) in [5.74, 6) is -0.508. The van der Waals surface area contributed by atoms with Gasteiger partial charge in [-0.1, -0.05) is 19.0 Å². The van der Waals surface area contributed by atoms with Gasteiger partial charge in [0.25, 0.3) is 0 Å². The molecule has 1 heterocycles. The lowest BCUT2D eigenvalue weighted by Crippen LogP contribution is -2.22. The SMILES string of the molecule is CC(C)NCc1noc(C(F)(F)Br)n1. The van der Waals surface area contributed by atoms with Crippen molar-refractivity contribution in [2.75, 3.05) is 0 Å². The first kappa shape index (κ1) is 11.5. The van der Waals surface area contributed by atoms with Crippen LogP contribution in [0.2, 0.25) is 0 Å². The summed E-state index contributed by atoms with van der Waals surface area (Å²) < 4.78 is 29.5. The normalized spacial score (nSPS) is 12.4. The van der Waals surface area contributed by atoms with Gasteiger partial charge in [-0.05, 0) is 0 Å². The molecule has 0 saturated carbocycles. The van der Waals surface area contributed by atoms with Crippen LogP contribution in [0.5, 0.6) is 0 Å². The summed E-state index contributed by atoms with van der Waals surface area (Å²) in [5.41, 5.74) is 0. The van der Waals surface area contributed by atoms with Gasteiger partial charge >= 0.3 is 10.7 Å². The second kappa shape index (κ2) is 4.31. The van der Waals surface area contributed by atoms with E-state index in [9.17, 15) is 8.78 Å². The van der Waals surface area contributed by atoms with Gasteiger partial charge in [0.1, 0.15) is 0 Å². The Labute approximate surface area is 88.2 Å². The lowest BCUT2D eigenvalue weighted by molar-refractivity contribution is 0.0725. The van der Waals surface area contributed by atoms with Crippen LogP contribution in [0, 0.1) is 0 Å². The number of halogens is 3. The molecule has 80 valence electrons. The monoisotopic (exact) mass is 269 g/mol. The maximum absolute atomic E-state index is 12.6.